The highest BCUT2D eigenvalue weighted by atomic mass is 35.5. The molecule has 0 aliphatic rings. The first-order valence-electron chi connectivity index (χ1n) is 9.96. The highest BCUT2D eigenvalue weighted by Gasteiger charge is 2.29. The first-order valence-corrected chi connectivity index (χ1v) is 10.3. The second-order valence-corrected chi connectivity index (χ2v) is 7.34. The van der Waals surface area contributed by atoms with E-state index in [-0.39, 0.29) is 25.0 Å². The molecule has 2 amide bonds. The predicted molar refractivity (Wildman–Crippen MR) is 116 cm³/mol. The van der Waals surface area contributed by atoms with Crippen molar-refractivity contribution in [1.29, 1.82) is 0 Å². The molecule has 1 N–H and O–H groups in total. The number of nitrogens with one attached hydrogen (secondary N) is 1. The average molecular weight is 417 g/mol. The Morgan fingerprint density at radius 2 is 1.79 bits per heavy atom. The van der Waals surface area contributed by atoms with E-state index in [0.29, 0.717) is 23.7 Å². The molecule has 0 saturated carbocycles. The van der Waals surface area contributed by atoms with Gasteiger partial charge in [0.1, 0.15) is 11.8 Å². The summed E-state index contributed by atoms with van der Waals surface area (Å²) in [6.07, 6.45) is 1.33. The third-order valence-electron chi connectivity index (χ3n) is 4.62. The quantitative estimate of drug-likeness (QED) is 0.626. The van der Waals surface area contributed by atoms with Crippen LogP contribution < -0.4 is 10.1 Å². The number of benzene rings is 2. The van der Waals surface area contributed by atoms with Crippen molar-refractivity contribution in [3.63, 3.8) is 0 Å². The fraction of sp³-hybridized carbons (Fsp3) is 0.391. The molecular formula is C23H29ClN2O3. The zero-order chi connectivity index (χ0) is 21.2. The number of ether oxygens (including phenoxy) is 1. The van der Waals surface area contributed by atoms with Gasteiger partial charge in [0.05, 0.1) is 0 Å². The minimum atomic E-state index is -0.591. The molecule has 1 atom stereocenters. The van der Waals surface area contributed by atoms with Crippen molar-refractivity contribution in [2.45, 2.75) is 46.2 Å². The van der Waals surface area contributed by atoms with Gasteiger partial charge in [-0.05, 0) is 43.5 Å². The average Bonchev–Trinajstić information content (AvgIpc) is 2.72. The molecule has 0 aliphatic carbocycles. The molecule has 0 spiro atoms. The van der Waals surface area contributed by atoms with Gasteiger partial charge in [-0.15, -0.1) is 0 Å². The summed E-state index contributed by atoms with van der Waals surface area (Å²) in [4.78, 5) is 27.3. The number of hydrogen-bond donors (Lipinski definition) is 1. The maximum absolute atomic E-state index is 13.1. The molecule has 0 unspecified atom stereocenters. The van der Waals surface area contributed by atoms with E-state index in [2.05, 4.69) is 5.32 Å². The van der Waals surface area contributed by atoms with Crippen LogP contribution in [0.15, 0.2) is 48.5 Å². The van der Waals surface area contributed by atoms with E-state index in [1.54, 1.807) is 11.0 Å². The van der Waals surface area contributed by atoms with Crippen molar-refractivity contribution in [2.75, 3.05) is 13.2 Å². The van der Waals surface area contributed by atoms with E-state index in [1.165, 1.54) is 0 Å². The van der Waals surface area contributed by atoms with Crippen molar-refractivity contribution in [1.82, 2.24) is 10.2 Å². The van der Waals surface area contributed by atoms with Gasteiger partial charge in [-0.3, -0.25) is 9.59 Å². The Bertz CT molecular complexity index is 808. The van der Waals surface area contributed by atoms with Gasteiger partial charge in [0, 0.05) is 18.1 Å². The van der Waals surface area contributed by atoms with Gasteiger partial charge < -0.3 is 15.0 Å². The van der Waals surface area contributed by atoms with E-state index in [4.69, 9.17) is 16.3 Å². The van der Waals surface area contributed by atoms with Gasteiger partial charge in [-0.2, -0.15) is 0 Å². The molecule has 0 aliphatic heterocycles. The zero-order valence-electron chi connectivity index (χ0n) is 17.3. The summed E-state index contributed by atoms with van der Waals surface area (Å²) in [7, 11) is 0. The van der Waals surface area contributed by atoms with E-state index >= 15 is 0 Å². The van der Waals surface area contributed by atoms with E-state index in [0.717, 1.165) is 17.5 Å². The predicted octanol–water partition coefficient (Wildman–Crippen LogP) is 4.36. The molecule has 156 valence electrons. The Kier molecular flexibility index (Phi) is 9.00. The Morgan fingerprint density at radius 1 is 1.10 bits per heavy atom. The molecule has 0 fully saturated rings. The van der Waals surface area contributed by atoms with Gasteiger partial charge in [0.25, 0.3) is 5.91 Å². The van der Waals surface area contributed by atoms with Gasteiger partial charge in [0.2, 0.25) is 5.91 Å². The highest BCUT2D eigenvalue weighted by Crippen LogP contribution is 2.20. The molecule has 2 rings (SSSR count). The van der Waals surface area contributed by atoms with Crippen molar-refractivity contribution < 1.29 is 14.3 Å². The minimum Gasteiger partial charge on any atom is -0.484 e. The van der Waals surface area contributed by atoms with Crippen LogP contribution in [0.1, 0.15) is 37.8 Å². The zero-order valence-corrected chi connectivity index (χ0v) is 18.0. The summed E-state index contributed by atoms with van der Waals surface area (Å²) in [6.45, 7) is 6.54. The maximum Gasteiger partial charge on any atom is 0.261 e. The number of carbonyl (C=O) groups excluding carboxylic acids is 2. The second-order valence-electron chi connectivity index (χ2n) is 6.93. The topological polar surface area (TPSA) is 58.6 Å². The summed E-state index contributed by atoms with van der Waals surface area (Å²) < 4.78 is 5.67. The molecular weight excluding hydrogens is 388 g/mol. The standard InChI is InChI=1S/C23H29ClN2O3/c1-4-14-25-23(28)21(5-2)26(15-18-8-6-7-9-20(18)24)22(27)16-29-19-12-10-17(3)11-13-19/h6-13,21H,4-5,14-16H2,1-3H3,(H,25,28)/t21-/m0/s1. The molecule has 0 aromatic heterocycles. The Labute approximate surface area is 178 Å². The Morgan fingerprint density at radius 3 is 2.41 bits per heavy atom. The van der Waals surface area contributed by atoms with Gasteiger partial charge in [0.15, 0.2) is 6.61 Å². The van der Waals surface area contributed by atoms with Crippen LogP contribution in [0.3, 0.4) is 0 Å². The maximum atomic E-state index is 13.1. The number of nitrogens with zero attached hydrogens (tertiary/aromatic N) is 1. The smallest absolute Gasteiger partial charge is 0.261 e. The molecule has 6 heteroatoms. The monoisotopic (exact) mass is 416 g/mol. The molecule has 29 heavy (non-hydrogen) atoms. The molecule has 0 saturated heterocycles. The summed E-state index contributed by atoms with van der Waals surface area (Å²) in [6, 6.07) is 14.3. The van der Waals surface area contributed by atoms with Gasteiger partial charge >= 0.3 is 0 Å². The fourth-order valence-electron chi connectivity index (χ4n) is 2.96. The summed E-state index contributed by atoms with van der Waals surface area (Å²) in [5, 5.41) is 3.46. The van der Waals surface area contributed by atoms with E-state index in [9.17, 15) is 9.59 Å². The number of rotatable bonds is 10. The van der Waals surface area contributed by atoms with Crippen LogP contribution in [0.5, 0.6) is 5.75 Å². The molecule has 0 bridgehead atoms. The molecule has 0 heterocycles. The number of amides is 2. The third kappa shape index (κ3) is 6.79. The first kappa shape index (κ1) is 22.8. The number of aryl methyl sites for hydroxylation is 1. The summed E-state index contributed by atoms with van der Waals surface area (Å²) in [5.74, 6) is 0.194. The summed E-state index contributed by atoms with van der Waals surface area (Å²) in [5.41, 5.74) is 1.90. The largest absolute Gasteiger partial charge is 0.484 e. The molecule has 5 nitrogen and oxygen atoms in total. The molecule has 2 aromatic rings. The molecule has 0 radical (unpaired) electrons. The van der Waals surface area contributed by atoms with Gasteiger partial charge in [-0.1, -0.05) is 61.3 Å². The minimum absolute atomic E-state index is 0.148. The van der Waals surface area contributed by atoms with Crippen molar-refractivity contribution in [2.24, 2.45) is 0 Å². The van der Waals surface area contributed by atoms with Crippen LogP contribution >= 0.6 is 11.6 Å². The fourth-order valence-corrected chi connectivity index (χ4v) is 3.15. The number of halogens is 1. The highest BCUT2D eigenvalue weighted by molar-refractivity contribution is 6.31. The normalized spacial score (nSPS) is 11.6. The second kappa shape index (κ2) is 11.5. The first-order chi connectivity index (χ1) is 14.0. The lowest BCUT2D eigenvalue weighted by Gasteiger charge is -2.30. The van der Waals surface area contributed by atoms with Crippen LogP contribution in [-0.4, -0.2) is 35.9 Å². The lowest BCUT2D eigenvalue weighted by atomic mass is 10.1. The third-order valence-corrected chi connectivity index (χ3v) is 4.99. The van der Waals surface area contributed by atoms with Crippen LogP contribution in [0.2, 0.25) is 5.02 Å². The molecule has 2 aromatic carbocycles. The van der Waals surface area contributed by atoms with E-state index < -0.39 is 6.04 Å². The van der Waals surface area contributed by atoms with Crippen LogP contribution in [0.4, 0.5) is 0 Å². The van der Waals surface area contributed by atoms with Crippen LogP contribution in [0.25, 0.3) is 0 Å². The van der Waals surface area contributed by atoms with E-state index in [1.807, 2.05) is 63.2 Å². The lowest BCUT2D eigenvalue weighted by Crippen LogP contribution is -2.50. The van der Waals surface area contributed by atoms with Crippen LogP contribution in [0, 0.1) is 6.92 Å². The Hall–Kier alpha value is -2.53. The van der Waals surface area contributed by atoms with Crippen molar-refractivity contribution in [3.8, 4) is 5.75 Å². The number of carbonyl (C=O) groups is 2. The van der Waals surface area contributed by atoms with Gasteiger partial charge in [-0.25, -0.2) is 0 Å². The summed E-state index contributed by atoms with van der Waals surface area (Å²) >= 11 is 6.30. The van der Waals surface area contributed by atoms with Crippen molar-refractivity contribution >= 4 is 23.4 Å². The van der Waals surface area contributed by atoms with Crippen molar-refractivity contribution in [3.05, 3.63) is 64.7 Å². The Balaban J connectivity index is 2.19. The van der Waals surface area contributed by atoms with Crippen LogP contribution in [-0.2, 0) is 16.1 Å². The SMILES string of the molecule is CCCNC(=O)[C@H](CC)N(Cc1ccccc1Cl)C(=O)COc1ccc(C)cc1. The lowest BCUT2D eigenvalue weighted by molar-refractivity contribution is -0.143. The number of hydrogen-bond acceptors (Lipinski definition) is 3.